The van der Waals surface area contributed by atoms with Gasteiger partial charge in [-0.2, -0.15) is 0 Å². The highest BCUT2D eigenvalue weighted by Crippen LogP contribution is 2.22. The second-order valence-corrected chi connectivity index (χ2v) is 7.44. The number of ether oxygens (including phenoxy) is 3. The first-order valence-corrected chi connectivity index (χ1v) is 10.6. The van der Waals surface area contributed by atoms with Crippen LogP contribution in [0.1, 0.15) is 51.5 Å². The minimum atomic E-state index is -0.763. The smallest absolute Gasteiger partial charge is 0.355 e. The molecule has 1 unspecified atom stereocenters. The normalized spacial score (nSPS) is 11.8. The van der Waals surface area contributed by atoms with E-state index in [0.717, 1.165) is 5.56 Å². The summed E-state index contributed by atoms with van der Waals surface area (Å²) in [5, 5.41) is 0. The number of hydrogen-bond acceptors (Lipinski definition) is 6. The van der Waals surface area contributed by atoms with Crippen LogP contribution < -0.4 is 0 Å². The Morgan fingerprint density at radius 2 is 1.81 bits per heavy atom. The Bertz CT molecular complexity index is 922. The van der Waals surface area contributed by atoms with Crippen LogP contribution in [0.4, 0.5) is 0 Å². The van der Waals surface area contributed by atoms with Gasteiger partial charge in [0.05, 0.1) is 25.9 Å². The fourth-order valence-electron chi connectivity index (χ4n) is 3.51. The molecule has 1 aromatic carbocycles. The first kappa shape index (κ1) is 25.3. The van der Waals surface area contributed by atoms with E-state index < -0.39 is 12.0 Å². The van der Waals surface area contributed by atoms with Crippen LogP contribution in [0.3, 0.4) is 0 Å². The lowest BCUT2D eigenvalue weighted by atomic mass is 10.00. The van der Waals surface area contributed by atoms with Gasteiger partial charge in [0.15, 0.2) is 5.78 Å². The Labute approximate surface area is 188 Å². The van der Waals surface area contributed by atoms with Crippen molar-refractivity contribution in [1.82, 2.24) is 9.88 Å². The van der Waals surface area contributed by atoms with Gasteiger partial charge in [-0.05, 0) is 38.8 Å². The summed E-state index contributed by atoms with van der Waals surface area (Å²) in [5.41, 5.74) is 2.67. The summed E-state index contributed by atoms with van der Waals surface area (Å²) in [6, 6.07) is 8.78. The van der Waals surface area contributed by atoms with Crippen molar-refractivity contribution >= 4 is 17.7 Å². The van der Waals surface area contributed by atoms with Gasteiger partial charge in [0.25, 0.3) is 0 Å². The van der Waals surface area contributed by atoms with Crippen molar-refractivity contribution < 1.29 is 28.6 Å². The van der Waals surface area contributed by atoms with Crippen LogP contribution in [0, 0.1) is 13.8 Å². The molecule has 8 nitrogen and oxygen atoms in total. The average Bonchev–Trinajstić information content (AvgIpc) is 3.08. The molecule has 0 aliphatic carbocycles. The van der Waals surface area contributed by atoms with E-state index in [0.29, 0.717) is 23.4 Å². The SMILES string of the molecule is CCOC(=O)c1[nH]c(C)c(C(=O)C(C)N(CCOC)C(=O)COCc2ccccc2)c1C. The number of aromatic nitrogens is 1. The third kappa shape index (κ3) is 6.27. The van der Waals surface area contributed by atoms with E-state index in [9.17, 15) is 14.4 Å². The topological polar surface area (TPSA) is 97.9 Å². The molecule has 0 aliphatic heterocycles. The van der Waals surface area contributed by atoms with E-state index >= 15 is 0 Å². The second kappa shape index (κ2) is 12.2. The minimum Gasteiger partial charge on any atom is -0.461 e. The molecule has 2 rings (SSSR count). The molecule has 0 aliphatic rings. The molecule has 0 saturated heterocycles. The number of ketones is 1. The van der Waals surface area contributed by atoms with Gasteiger partial charge in [0.2, 0.25) is 5.91 Å². The largest absolute Gasteiger partial charge is 0.461 e. The van der Waals surface area contributed by atoms with Gasteiger partial charge >= 0.3 is 5.97 Å². The number of nitrogens with one attached hydrogen (secondary N) is 1. The molecule has 0 spiro atoms. The number of carbonyl (C=O) groups is 3. The van der Waals surface area contributed by atoms with Crippen LogP contribution in [-0.2, 0) is 25.6 Å². The zero-order valence-electron chi connectivity index (χ0n) is 19.4. The maximum atomic E-state index is 13.3. The summed E-state index contributed by atoms with van der Waals surface area (Å²) >= 11 is 0. The van der Waals surface area contributed by atoms with Gasteiger partial charge in [0, 0.05) is 24.9 Å². The van der Waals surface area contributed by atoms with Crippen LogP contribution in [0.25, 0.3) is 0 Å². The number of carbonyl (C=O) groups excluding carboxylic acids is 3. The molecule has 1 aromatic heterocycles. The number of nitrogens with zero attached hydrogens (tertiary/aromatic N) is 1. The van der Waals surface area contributed by atoms with E-state index in [1.54, 1.807) is 27.7 Å². The van der Waals surface area contributed by atoms with Crippen molar-refractivity contribution in [2.75, 3.05) is 33.5 Å². The van der Waals surface area contributed by atoms with E-state index in [1.807, 2.05) is 30.3 Å². The molecule has 174 valence electrons. The number of aromatic amines is 1. The highest BCUT2D eigenvalue weighted by atomic mass is 16.5. The Kier molecular flexibility index (Phi) is 9.61. The highest BCUT2D eigenvalue weighted by molar-refractivity contribution is 6.06. The van der Waals surface area contributed by atoms with Crippen molar-refractivity contribution in [2.45, 2.75) is 40.3 Å². The molecule has 1 atom stereocenters. The van der Waals surface area contributed by atoms with Crippen LogP contribution in [0.2, 0.25) is 0 Å². The van der Waals surface area contributed by atoms with Crippen LogP contribution in [-0.4, -0.2) is 67.1 Å². The van der Waals surface area contributed by atoms with Crippen LogP contribution >= 0.6 is 0 Å². The number of esters is 1. The molecule has 1 N–H and O–H groups in total. The second-order valence-electron chi connectivity index (χ2n) is 7.44. The number of methoxy groups -OCH3 is 1. The van der Waals surface area contributed by atoms with Gasteiger partial charge in [-0.1, -0.05) is 30.3 Å². The fourth-order valence-corrected chi connectivity index (χ4v) is 3.51. The number of amides is 1. The van der Waals surface area contributed by atoms with Crippen LogP contribution in [0.5, 0.6) is 0 Å². The maximum absolute atomic E-state index is 13.3. The number of aryl methyl sites for hydroxylation is 1. The molecule has 1 amide bonds. The van der Waals surface area contributed by atoms with E-state index in [2.05, 4.69) is 4.98 Å². The summed E-state index contributed by atoms with van der Waals surface area (Å²) in [6.45, 7) is 7.70. The Morgan fingerprint density at radius 3 is 2.44 bits per heavy atom. The molecule has 0 fully saturated rings. The number of hydrogen-bond donors (Lipinski definition) is 1. The van der Waals surface area contributed by atoms with Crippen molar-refractivity contribution in [3.8, 4) is 0 Å². The van der Waals surface area contributed by atoms with Gasteiger partial charge in [-0.25, -0.2) is 4.79 Å². The lowest BCUT2D eigenvalue weighted by Gasteiger charge is -2.28. The summed E-state index contributed by atoms with van der Waals surface area (Å²) in [4.78, 5) is 42.8. The van der Waals surface area contributed by atoms with E-state index in [1.165, 1.54) is 12.0 Å². The lowest BCUT2D eigenvalue weighted by molar-refractivity contribution is -0.138. The number of rotatable bonds is 12. The standard InChI is InChI=1S/C24H32N2O6/c1-6-32-24(29)22-16(2)21(17(3)25-22)23(28)18(4)26(12-13-30-5)20(27)15-31-14-19-10-8-7-9-11-19/h7-11,18,25H,6,12-15H2,1-5H3. The van der Waals surface area contributed by atoms with Crippen molar-refractivity contribution in [3.63, 3.8) is 0 Å². The molecule has 32 heavy (non-hydrogen) atoms. The zero-order valence-corrected chi connectivity index (χ0v) is 19.4. The maximum Gasteiger partial charge on any atom is 0.355 e. The summed E-state index contributed by atoms with van der Waals surface area (Å²) in [5.74, 6) is -1.09. The van der Waals surface area contributed by atoms with E-state index in [-0.39, 0.29) is 43.7 Å². The van der Waals surface area contributed by atoms with Crippen LogP contribution in [0.15, 0.2) is 30.3 Å². The summed E-state index contributed by atoms with van der Waals surface area (Å²) < 4.78 is 15.8. The van der Waals surface area contributed by atoms with Crippen molar-refractivity contribution in [1.29, 1.82) is 0 Å². The van der Waals surface area contributed by atoms with Crippen molar-refractivity contribution in [2.24, 2.45) is 0 Å². The molecule has 2 aromatic rings. The minimum absolute atomic E-state index is 0.157. The molecule has 0 radical (unpaired) electrons. The number of benzene rings is 1. The molecular formula is C24H32N2O6. The molecule has 0 bridgehead atoms. The van der Waals surface area contributed by atoms with Gasteiger partial charge in [-0.3, -0.25) is 9.59 Å². The quantitative estimate of drug-likeness (QED) is 0.399. The highest BCUT2D eigenvalue weighted by Gasteiger charge is 2.31. The van der Waals surface area contributed by atoms with Crippen molar-refractivity contribution in [3.05, 3.63) is 58.4 Å². The molecular weight excluding hydrogens is 412 g/mol. The molecule has 0 saturated carbocycles. The van der Waals surface area contributed by atoms with Gasteiger partial charge < -0.3 is 24.1 Å². The predicted molar refractivity (Wildman–Crippen MR) is 120 cm³/mol. The number of H-pyrrole nitrogens is 1. The van der Waals surface area contributed by atoms with Gasteiger partial charge in [0.1, 0.15) is 12.3 Å². The summed E-state index contributed by atoms with van der Waals surface area (Å²) in [7, 11) is 1.53. The Balaban J connectivity index is 2.15. The van der Waals surface area contributed by atoms with E-state index in [4.69, 9.17) is 14.2 Å². The first-order chi connectivity index (χ1) is 15.3. The monoisotopic (exact) mass is 444 g/mol. The lowest BCUT2D eigenvalue weighted by Crippen LogP contribution is -2.46. The van der Waals surface area contributed by atoms with Gasteiger partial charge in [-0.15, -0.1) is 0 Å². The first-order valence-electron chi connectivity index (χ1n) is 10.6. The third-order valence-electron chi connectivity index (χ3n) is 5.20. The zero-order chi connectivity index (χ0) is 23.7. The Morgan fingerprint density at radius 1 is 1.12 bits per heavy atom. The average molecular weight is 445 g/mol. The predicted octanol–water partition coefficient (Wildman–Crippen LogP) is 3.07. The summed E-state index contributed by atoms with van der Waals surface area (Å²) in [6.07, 6.45) is 0. The Hall–Kier alpha value is -2.97. The molecule has 8 heteroatoms. The fraction of sp³-hybridized carbons (Fsp3) is 0.458. The number of Topliss-reactive ketones (excluding diaryl/α,β-unsaturated/α-hetero) is 1. The third-order valence-corrected chi connectivity index (χ3v) is 5.20. The molecule has 1 heterocycles.